The molecule has 1 heterocycles. The van der Waals surface area contributed by atoms with E-state index >= 15 is 0 Å². The zero-order chi connectivity index (χ0) is 11.1. The number of carbonyl (C=O) groups excluding carboxylic acids is 1. The van der Waals surface area contributed by atoms with E-state index in [1.54, 1.807) is 0 Å². The quantitative estimate of drug-likeness (QED) is 0.626. The average Bonchev–Trinajstić information content (AvgIpc) is 2.27. The summed E-state index contributed by atoms with van der Waals surface area (Å²) in [5.74, 6) is -0.154. The predicted octanol–water partition coefficient (Wildman–Crippen LogP) is -0.530. The molecule has 15 heavy (non-hydrogen) atoms. The second kappa shape index (κ2) is 6.76. The summed E-state index contributed by atoms with van der Waals surface area (Å²) in [6.45, 7) is 5.83. The third kappa shape index (κ3) is 5.11. The second-order valence-electron chi connectivity index (χ2n) is 3.76. The Kier molecular flexibility index (Phi) is 5.60. The van der Waals surface area contributed by atoms with Crippen LogP contribution in [0.3, 0.4) is 0 Å². The maximum atomic E-state index is 11.4. The van der Waals surface area contributed by atoms with Crippen molar-refractivity contribution in [2.75, 3.05) is 46.5 Å². The lowest BCUT2D eigenvalue weighted by molar-refractivity contribution is -0.146. The molecule has 0 spiro atoms. The van der Waals surface area contributed by atoms with Gasteiger partial charge >= 0.3 is 5.97 Å². The van der Waals surface area contributed by atoms with Gasteiger partial charge in [0.2, 0.25) is 0 Å². The Hall–Kier alpha value is -0.650. The third-order valence-corrected chi connectivity index (χ3v) is 2.44. The summed E-state index contributed by atoms with van der Waals surface area (Å²) in [5, 5.41) is 3.01. The molecule has 0 bridgehead atoms. The van der Waals surface area contributed by atoms with Crippen LogP contribution in [-0.2, 0) is 14.3 Å². The molecule has 0 aromatic rings. The first kappa shape index (κ1) is 12.4. The molecule has 5 heteroatoms. The molecule has 0 aliphatic carbocycles. The predicted molar refractivity (Wildman–Crippen MR) is 56.7 cm³/mol. The van der Waals surface area contributed by atoms with Crippen LogP contribution in [0.1, 0.15) is 6.92 Å². The normalized spacial score (nSPS) is 19.9. The van der Waals surface area contributed by atoms with Gasteiger partial charge in [-0.15, -0.1) is 0 Å². The molecule has 0 radical (unpaired) electrons. The SMILES string of the molecule is CN[C@@H](C)COC(=O)CN1CCOCC1. The van der Waals surface area contributed by atoms with Gasteiger partial charge in [0.05, 0.1) is 19.8 Å². The van der Waals surface area contributed by atoms with E-state index in [-0.39, 0.29) is 12.0 Å². The molecule has 5 nitrogen and oxygen atoms in total. The number of likely N-dealkylation sites (N-methyl/N-ethyl adjacent to an activating group) is 1. The molecule has 1 saturated heterocycles. The van der Waals surface area contributed by atoms with Gasteiger partial charge in [-0.2, -0.15) is 0 Å². The van der Waals surface area contributed by atoms with Gasteiger partial charge in [-0.25, -0.2) is 0 Å². The molecule has 1 rings (SSSR count). The minimum Gasteiger partial charge on any atom is -0.463 e. The molecule has 1 aliphatic heterocycles. The van der Waals surface area contributed by atoms with Gasteiger partial charge in [0.15, 0.2) is 0 Å². The maximum absolute atomic E-state index is 11.4. The Labute approximate surface area is 90.7 Å². The van der Waals surface area contributed by atoms with Gasteiger partial charge in [0.1, 0.15) is 6.61 Å². The van der Waals surface area contributed by atoms with Crippen molar-refractivity contribution in [2.45, 2.75) is 13.0 Å². The summed E-state index contributed by atoms with van der Waals surface area (Å²) < 4.78 is 10.3. The first-order chi connectivity index (χ1) is 7.22. The molecular weight excluding hydrogens is 196 g/mol. The minimum absolute atomic E-state index is 0.154. The number of hydrogen-bond donors (Lipinski definition) is 1. The highest BCUT2D eigenvalue weighted by atomic mass is 16.5. The number of hydrogen-bond acceptors (Lipinski definition) is 5. The summed E-state index contributed by atoms with van der Waals surface area (Å²) in [5.41, 5.74) is 0. The molecule has 1 atom stereocenters. The number of rotatable bonds is 5. The monoisotopic (exact) mass is 216 g/mol. The minimum atomic E-state index is -0.154. The number of morpholine rings is 1. The molecule has 88 valence electrons. The smallest absolute Gasteiger partial charge is 0.320 e. The van der Waals surface area contributed by atoms with Gasteiger partial charge < -0.3 is 14.8 Å². The summed E-state index contributed by atoms with van der Waals surface area (Å²) in [7, 11) is 1.85. The highest BCUT2D eigenvalue weighted by Crippen LogP contribution is 1.97. The van der Waals surface area contributed by atoms with Gasteiger partial charge in [0.25, 0.3) is 0 Å². The first-order valence-corrected chi connectivity index (χ1v) is 5.35. The van der Waals surface area contributed by atoms with Crippen molar-refractivity contribution in [1.82, 2.24) is 10.2 Å². The Morgan fingerprint density at radius 1 is 1.53 bits per heavy atom. The van der Waals surface area contributed by atoms with Gasteiger partial charge in [-0.05, 0) is 14.0 Å². The summed E-state index contributed by atoms with van der Waals surface area (Å²) >= 11 is 0. The number of carbonyl (C=O) groups is 1. The lowest BCUT2D eigenvalue weighted by atomic mass is 10.4. The second-order valence-corrected chi connectivity index (χ2v) is 3.76. The molecule has 0 amide bonds. The lowest BCUT2D eigenvalue weighted by Gasteiger charge is -2.25. The van der Waals surface area contributed by atoms with E-state index in [0.717, 1.165) is 13.1 Å². The van der Waals surface area contributed by atoms with Crippen LogP contribution < -0.4 is 5.32 Å². The van der Waals surface area contributed by atoms with Gasteiger partial charge in [-0.3, -0.25) is 9.69 Å². The highest BCUT2D eigenvalue weighted by Gasteiger charge is 2.15. The van der Waals surface area contributed by atoms with E-state index < -0.39 is 0 Å². The molecule has 0 unspecified atom stereocenters. The van der Waals surface area contributed by atoms with Crippen LogP contribution in [0.2, 0.25) is 0 Å². The van der Waals surface area contributed by atoms with Crippen molar-refractivity contribution in [3.05, 3.63) is 0 Å². The Bertz CT molecular complexity index is 193. The molecular formula is C10H20N2O3. The molecule has 1 aliphatic rings. The molecule has 1 fully saturated rings. The van der Waals surface area contributed by atoms with Crippen LogP contribution in [0.25, 0.3) is 0 Å². The van der Waals surface area contributed by atoms with Crippen molar-refractivity contribution < 1.29 is 14.3 Å². The van der Waals surface area contributed by atoms with Crippen LogP contribution in [0.4, 0.5) is 0 Å². The van der Waals surface area contributed by atoms with Crippen molar-refractivity contribution in [2.24, 2.45) is 0 Å². The van der Waals surface area contributed by atoms with Crippen LogP contribution >= 0.6 is 0 Å². The van der Waals surface area contributed by atoms with Gasteiger partial charge in [0, 0.05) is 19.1 Å². The number of esters is 1. The molecule has 0 saturated carbocycles. The number of nitrogens with one attached hydrogen (secondary N) is 1. The van der Waals surface area contributed by atoms with E-state index in [4.69, 9.17) is 9.47 Å². The summed E-state index contributed by atoms with van der Waals surface area (Å²) in [6, 6.07) is 0.207. The summed E-state index contributed by atoms with van der Waals surface area (Å²) in [6.07, 6.45) is 0. The zero-order valence-corrected chi connectivity index (χ0v) is 9.49. The average molecular weight is 216 g/mol. The fraction of sp³-hybridized carbons (Fsp3) is 0.900. The lowest BCUT2D eigenvalue weighted by Crippen LogP contribution is -2.40. The van der Waals surface area contributed by atoms with Crippen molar-refractivity contribution in [3.8, 4) is 0 Å². The number of nitrogens with zero attached hydrogens (tertiary/aromatic N) is 1. The van der Waals surface area contributed by atoms with Crippen LogP contribution in [0.5, 0.6) is 0 Å². The Morgan fingerprint density at radius 2 is 2.20 bits per heavy atom. The molecule has 0 aromatic carbocycles. The largest absolute Gasteiger partial charge is 0.463 e. The standard InChI is InChI=1S/C10H20N2O3/c1-9(11-2)8-15-10(13)7-12-3-5-14-6-4-12/h9,11H,3-8H2,1-2H3/t9-/m0/s1. The fourth-order valence-electron chi connectivity index (χ4n) is 1.29. The Morgan fingerprint density at radius 3 is 2.80 bits per heavy atom. The van der Waals surface area contributed by atoms with Crippen molar-refractivity contribution >= 4 is 5.97 Å². The van der Waals surface area contributed by atoms with E-state index in [2.05, 4.69) is 10.2 Å². The number of ether oxygens (including phenoxy) is 2. The van der Waals surface area contributed by atoms with Crippen molar-refractivity contribution in [3.63, 3.8) is 0 Å². The highest BCUT2D eigenvalue weighted by molar-refractivity contribution is 5.71. The molecule has 1 N–H and O–H groups in total. The van der Waals surface area contributed by atoms with Gasteiger partial charge in [-0.1, -0.05) is 0 Å². The van der Waals surface area contributed by atoms with E-state index in [0.29, 0.717) is 26.4 Å². The Balaban J connectivity index is 2.11. The van der Waals surface area contributed by atoms with Crippen LogP contribution in [0, 0.1) is 0 Å². The fourth-order valence-corrected chi connectivity index (χ4v) is 1.29. The van der Waals surface area contributed by atoms with Crippen LogP contribution in [-0.4, -0.2) is 63.4 Å². The first-order valence-electron chi connectivity index (χ1n) is 5.35. The summed E-state index contributed by atoms with van der Waals surface area (Å²) in [4.78, 5) is 13.5. The van der Waals surface area contributed by atoms with Crippen molar-refractivity contribution in [1.29, 1.82) is 0 Å². The third-order valence-electron chi connectivity index (χ3n) is 2.44. The van der Waals surface area contributed by atoms with E-state index in [1.807, 2.05) is 14.0 Å². The molecule has 0 aromatic heterocycles. The van der Waals surface area contributed by atoms with E-state index in [9.17, 15) is 4.79 Å². The topological polar surface area (TPSA) is 50.8 Å². The zero-order valence-electron chi connectivity index (χ0n) is 9.49. The maximum Gasteiger partial charge on any atom is 0.320 e. The van der Waals surface area contributed by atoms with Crippen LogP contribution in [0.15, 0.2) is 0 Å². The van der Waals surface area contributed by atoms with E-state index in [1.165, 1.54) is 0 Å².